The van der Waals surface area contributed by atoms with Gasteiger partial charge in [-0.05, 0) is 43.7 Å². The number of nitrogens with zero attached hydrogens (tertiary/aromatic N) is 5. The lowest BCUT2D eigenvalue weighted by Gasteiger charge is -2.09. The Labute approximate surface area is 203 Å². The zero-order valence-electron chi connectivity index (χ0n) is 18.8. The van der Waals surface area contributed by atoms with Crippen molar-refractivity contribution in [3.8, 4) is 0 Å². The number of pyridine rings is 2. The Bertz CT molecular complexity index is 1690. The molecule has 4 heterocycles. The molecule has 172 valence electrons. The smallest absolute Gasteiger partial charge is 0.261 e. The van der Waals surface area contributed by atoms with Gasteiger partial charge in [-0.3, -0.25) is 14.0 Å². The first kappa shape index (κ1) is 22.4. The van der Waals surface area contributed by atoms with Crippen LogP contribution in [0.15, 0.2) is 57.3 Å². The van der Waals surface area contributed by atoms with Crippen LogP contribution < -0.4 is 11.0 Å². The van der Waals surface area contributed by atoms with Crippen molar-refractivity contribution >= 4 is 39.9 Å². The summed E-state index contributed by atoms with van der Waals surface area (Å²) in [6.07, 6.45) is 2.06. The van der Waals surface area contributed by atoms with Gasteiger partial charge in [0.15, 0.2) is 10.6 Å². The van der Waals surface area contributed by atoms with Gasteiger partial charge in [0.25, 0.3) is 5.56 Å². The quantitative estimate of drug-likeness (QED) is 0.374. The zero-order valence-corrected chi connectivity index (χ0v) is 20.4. The van der Waals surface area contributed by atoms with E-state index in [1.807, 2.05) is 37.6 Å². The molecule has 0 saturated carbocycles. The average Bonchev–Trinajstić information content (AvgIpc) is 3.15. The summed E-state index contributed by atoms with van der Waals surface area (Å²) in [6.45, 7) is 3.78. The number of fused-ring (bicyclic) bond motifs is 2. The van der Waals surface area contributed by atoms with Gasteiger partial charge in [0, 0.05) is 64.4 Å². The second-order valence-corrected chi connectivity index (χ2v) is 9.52. The van der Waals surface area contributed by atoms with Crippen LogP contribution in [0.25, 0.3) is 16.6 Å². The minimum atomic E-state index is -0.0998. The molecular formula is C24H21ClN6O2S. The molecule has 10 heteroatoms. The third-order valence-electron chi connectivity index (χ3n) is 5.81. The molecule has 0 radical (unpaired) electrons. The van der Waals surface area contributed by atoms with Gasteiger partial charge in [-0.2, -0.15) is 0 Å². The lowest BCUT2D eigenvalue weighted by atomic mass is 10.1. The highest BCUT2D eigenvalue weighted by Crippen LogP contribution is 2.22. The highest BCUT2D eigenvalue weighted by atomic mass is 35.5. The maximum atomic E-state index is 13.1. The topological polar surface area (TPSA) is 97.9 Å². The van der Waals surface area contributed by atoms with E-state index in [4.69, 9.17) is 11.6 Å². The molecule has 0 aliphatic heterocycles. The number of nitrogens with one attached hydrogen (secondary N) is 1. The van der Waals surface area contributed by atoms with Crippen LogP contribution in [0.2, 0.25) is 5.02 Å². The molecule has 0 amide bonds. The Morgan fingerprint density at radius 1 is 1.12 bits per heavy atom. The molecule has 0 spiro atoms. The van der Waals surface area contributed by atoms with Gasteiger partial charge in [-0.15, -0.1) is 10.2 Å². The molecule has 34 heavy (non-hydrogen) atoms. The predicted molar refractivity (Wildman–Crippen MR) is 134 cm³/mol. The summed E-state index contributed by atoms with van der Waals surface area (Å²) in [5.41, 5.74) is 4.21. The minimum Gasteiger partial charge on any atom is -0.357 e. The van der Waals surface area contributed by atoms with E-state index in [-0.39, 0.29) is 11.0 Å². The summed E-state index contributed by atoms with van der Waals surface area (Å²) in [4.78, 5) is 33.5. The first-order chi connectivity index (χ1) is 16.3. The van der Waals surface area contributed by atoms with E-state index >= 15 is 0 Å². The first-order valence-corrected chi connectivity index (χ1v) is 12.0. The summed E-state index contributed by atoms with van der Waals surface area (Å²) in [5, 5.41) is 10.4. The van der Waals surface area contributed by atoms with Gasteiger partial charge in [0.2, 0.25) is 0 Å². The largest absolute Gasteiger partial charge is 0.357 e. The normalized spacial score (nSPS) is 11.5. The van der Waals surface area contributed by atoms with Gasteiger partial charge in [0.05, 0.1) is 0 Å². The average molecular weight is 493 g/mol. The molecule has 0 unspecified atom stereocenters. The van der Waals surface area contributed by atoms with Crippen molar-refractivity contribution < 1.29 is 0 Å². The minimum absolute atomic E-state index is 0.0829. The van der Waals surface area contributed by atoms with Gasteiger partial charge < -0.3 is 9.55 Å². The van der Waals surface area contributed by atoms with Crippen molar-refractivity contribution in [2.75, 3.05) is 0 Å². The second kappa shape index (κ2) is 8.73. The highest BCUT2D eigenvalue weighted by Gasteiger charge is 2.16. The number of thioether (sulfide) groups is 1. The summed E-state index contributed by atoms with van der Waals surface area (Å²) in [6, 6.07) is 10.6. The molecule has 0 fully saturated rings. The Balaban J connectivity index is 1.40. The summed E-state index contributed by atoms with van der Waals surface area (Å²) in [5.74, 6) is 1.18. The van der Waals surface area contributed by atoms with Crippen molar-refractivity contribution in [2.24, 2.45) is 7.05 Å². The fourth-order valence-electron chi connectivity index (χ4n) is 3.92. The molecule has 4 aromatic heterocycles. The molecule has 5 aromatic rings. The van der Waals surface area contributed by atoms with Crippen molar-refractivity contribution in [3.05, 3.63) is 96.5 Å². The van der Waals surface area contributed by atoms with E-state index < -0.39 is 0 Å². The summed E-state index contributed by atoms with van der Waals surface area (Å²) >= 11 is 7.46. The molecule has 5 rings (SSSR count). The van der Waals surface area contributed by atoms with Crippen LogP contribution in [0.1, 0.15) is 28.3 Å². The van der Waals surface area contributed by atoms with E-state index in [2.05, 4.69) is 20.2 Å². The fourth-order valence-corrected chi connectivity index (χ4v) is 4.93. The number of hydrogen-bond donors (Lipinski definition) is 1. The SMILES string of the molecule is Cc1nc2c(C)cccn2c(=O)c1Cc1nnc(SCc2cc(=O)c3cc(Cl)ccc3[nH]2)n1C. The van der Waals surface area contributed by atoms with E-state index in [0.29, 0.717) is 50.5 Å². The molecular weight excluding hydrogens is 472 g/mol. The Morgan fingerprint density at radius 2 is 1.94 bits per heavy atom. The lowest BCUT2D eigenvalue weighted by molar-refractivity contribution is 0.743. The maximum absolute atomic E-state index is 13.1. The molecule has 1 aromatic carbocycles. The lowest BCUT2D eigenvalue weighted by Crippen LogP contribution is -2.23. The molecule has 0 aliphatic carbocycles. The third kappa shape index (κ3) is 4.01. The highest BCUT2D eigenvalue weighted by molar-refractivity contribution is 7.98. The van der Waals surface area contributed by atoms with Gasteiger partial charge in [-0.1, -0.05) is 29.4 Å². The standard InChI is InChI=1S/C24H21ClN6O2S/c1-13-5-4-8-31-22(13)26-14(2)17(23(31)33)11-21-28-29-24(30(21)3)34-12-16-10-20(32)18-9-15(25)6-7-19(18)27-16/h4-10H,11-12H2,1-3H3,(H,27,32). The molecule has 8 nitrogen and oxygen atoms in total. The van der Waals surface area contributed by atoms with E-state index in [1.54, 1.807) is 34.9 Å². The van der Waals surface area contributed by atoms with Crippen LogP contribution in [-0.4, -0.2) is 29.1 Å². The van der Waals surface area contributed by atoms with Crippen LogP contribution in [0.4, 0.5) is 0 Å². The molecule has 0 atom stereocenters. The van der Waals surface area contributed by atoms with Crippen LogP contribution >= 0.6 is 23.4 Å². The molecule has 1 N–H and O–H groups in total. The van der Waals surface area contributed by atoms with Crippen molar-refractivity contribution in [1.29, 1.82) is 0 Å². The summed E-state index contributed by atoms with van der Waals surface area (Å²) < 4.78 is 3.44. The zero-order chi connectivity index (χ0) is 24.0. The predicted octanol–water partition coefficient (Wildman–Crippen LogP) is 3.82. The second-order valence-electron chi connectivity index (χ2n) is 8.14. The Hall–Kier alpha value is -3.43. The number of aryl methyl sites for hydroxylation is 2. The van der Waals surface area contributed by atoms with E-state index in [1.165, 1.54) is 11.8 Å². The van der Waals surface area contributed by atoms with E-state index in [9.17, 15) is 9.59 Å². The first-order valence-electron chi connectivity index (χ1n) is 10.6. The summed E-state index contributed by atoms with van der Waals surface area (Å²) in [7, 11) is 1.87. The van der Waals surface area contributed by atoms with Crippen LogP contribution in [-0.2, 0) is 19.2 Å². The number of benzene rings is 1. The fraction of sp³-hybridized carbons (Fsp3) is 0.208. The van der Waals surface area contributed by atoms with Crippen molar-refractivity contribution in [3.63, 3.8) is 0 Å². The molecule has 0 saturated heterocycles. The Kier molecular flexibility index (Phi) is 5.75. The van der Waals surface area contributed by atoms with E-state index in [0.717, 1.165) is 16.8 Å². The third-order valence-corrected chi connectivity index (χ3v) is 7.12. The van der Waals surface area contributed by atoms with Crippen LogP contribution in [0.5, 0.6) is 0 Å². The van der Waals surface area contributed by atoms with Gasteiger partial charge in [-0.25, -0.2) is 4.98 Å². The van der Waals surface area contributed by atoms with Gasteiger partial charge >= 0.3 is 0 Å². The number of aromatic nitrogens is 6. The van der Waals surface area contributed by atoms with Crippen molar-refractivity contribution in [2.45, 2.75) is 31.2 Å². The van der Waals surface area contributed by atoms with Gasteiger partial charge in [0.1, 0.15) is 11.5 Å². The number of rotatable bonds is 5. The maximum Gasteiger partial charge on any atom is 0.261 e. The Morgan fingerprint density at radius 3 is 2.76 bits per heavy atom. The number of H-pyrrole nitrogens is 1. The van der Waals surface area contributed by atoms with Crippen molar-refractivity contribution in [1.82, 2.24) is 29.1 Å². The monoisotopic (exact) mass is 492 g/mol. The number of halogens is 1. The molecule has 0 aliphatic rings. The number of aromatic amines is 1. The number of hydrogen-bond acceptors (Lipinski definition) is 6. The van der Waals surface area contributed by atoms with Crippen LogP contribution in [0.3, 0.4) is 0 Å². The van der Waals surface area contributed by atoms with Crippen LogP contribution in [0, 0.1) is 13.8 Å². The molecule has 0 bridgehead atoms.